The highest BCUT2D eigenvalue weighted by molar-refractivity contribution is 5.50. The number of nitrogens with zero attached hydrogens (tertiary/aromatic N) is 1. The summed E-state index contributed by atoms with van der Waals surface area (Å²) in [5, 5.41) is 0. The molecule has 0 aromatic heterocycles. The van der Waals surface area contributed by atoms with Gasteiger partial charge in [0, 0.05) is 23.7 Å². The molecule has 3 heteroatoms. The fourth-order valence-corrected chi connectivity index (χ4v) is 2.95. The molecule has 1 unspecified atom stereocenters. The van der Waals surface area contributed by atoms with Gasteiger partial charge in [0.2, 0.25) is 0 Å². The first kappa shape index (κ1) is 10.9. The lowest BCUT2D eigenvalue weighted by Crippen LogP contribution is -2.28. The van der Waals surface area contributed by atoms with Crippen molar-refractivity contribution in [1.82, 2.24) is 4.90 Å². The molecule has 1 fully saturated rings. The summed E-state index contributed by atoms with van der Waals surface area (Å²) >= 11 is 0. The van der Waals surface area contributed by atoms with Crippen molar-refractivity contribution >= 4 is 5.69 Å². The highest BCUT2D eigenvalue weighted by Gasteiger charge is 2.24. The molecule has 0 aliphatic carbocycles. The number of fused-ring (bicyclic) bond motifs is 1. The molecular weight excluding hydrogens is 212 g/mol. The maximum absolute atomic E-state index is 5.88. The summed E-state index contributed by atoms with van der Waals surface area (Å²) in [5.41, 5.74) is 8.04. The van der Waals surface area contributed by atoms with E-state index in [2.05, 4.69) is 11.0 Å². The summed E-state index contributed by atoms with van der Waals surface area (Å²) in [6.45, 7) is 4.53. The third kappa shape index (κ3) is 2.25. The van der Waals surface area contributed by atoms with Crippen LogP contribution in [0.1, 0.15) is 30.7 Å². The van der Waals surface area contributed by atoms with Gasteiger partial charge in [0.05, 0.1) is 6.61 Å². The average Bonchev–Trinajstić information content (AvgIpc) is 2.83. The lowest BCUT2D eigenvalue weighted by atomic mass is 9.92. The van der Waals surface area contributed by atoms with Crippen LogP contribution in [0.15, 0.2) is 18.2 Å². The van der Waals surface area contributed by atoms with Gasteiger partial charge in [-0.15, -0.1) is 0 Å². The number of hydrogen-bond donors (Lipinski definition) is 1. The van der Waals surface area contributed by atoms with Crippen molar-refractivity contribution in [2.24, 2.45) is 0 Å². The molecule has 17 heavy (non-hydrogen) atoms. The quantitative estimate of drug-likeness (QED) is 0.795. The second kappa shape index (κ2) is 4.57. The van der Waals surface area contributed by atoms with Gasteiger partial charge in [-0.2, -0.15) is 0 Å². The Balaban J connectivity index is 1.80. The minimum Gasteiger partial charge on any atom is -0.493 e. The molecule has 1 saturated heterocycles. The van der Waals surface area contributed by atoms with Crippen molar-refractivity contribution < 1.29 is 4.74 Å². The van der Waals surface area contributed by atoms with Crippen LogP contribution in [0.3, 0.4) is 0 Å². The summed E-state index contributed by atoms with van der Waals surface area (Å²) in [6, 6.07) is 6.03. The van der Waals surface area contributed by atoms with Crippen molar-refractivity contribution in [2.75, 3.05) is 32.0 Å². The smallest absolute Gasteiger partial charge is 0.122 e. The van der Waals surface area contributed by atoms with Crippen LogP contribution in [0.5, 0.6) is 5.75 Å². The van der Waals surface area contributed by atoms with E-state index >= 15 is 0 Å². The van der Waals surface area contributed by atoms with E-state index in [1.54, 1.807) is 0 Å². The third-order valence-corrected chi connectivity index (χ3v) is 3.87. The molecule has 0 saturated carbocycles. The molecule has 0 spiro atoms. The number of hydrogen-bond acceptors (Lipinski definition) is 3. The largest absolute Gasteiger partial charge is 0.493 e. The number of benzene rings is 1. The number of anilines is 1. The van der Waals surface area contributed by atoms with Gasteiger partial charge < -0.3 is 15.4 Å². The number of rotatable bonds is 2. The number of nitrogen functional groups attached to an aromatic ring is 1. The van der Waals surface area contributed by atoms with E-state index in [1.807, 2.05) is 12.1 Å². The van der Waals surface area contributed by atoms with Crippen LogP contribution >= 0.6 is 0 Å². The predicted octanol–water partition coefficient (Wildman–Crippen LogP) is 2.23. The standard InChI is InChI=1S/C14H20N2O/c15-12-3-4-14-13(9-12)11(5-8-17-14)10-16-6-1-2-7-16/h3-4,9,11H,1-2,5-8,10,15H2. The Morgan fingerprint density at radius 1 is 1.29 bits per heavy atom. The second-order valence-electron chi connectivity index (χ2n) is 5.14. The van der Waals surface area contributed by atoms with E-state index in [0.29, 0.717) is 5.92 Å². The molecule has 2 aliphatic rings. The zero-order valence-electron chi connectivity index (χ0n) is 10.2. The topological polar surface area (TPSA) is 38.5 Å². The Kier molecular flexibility index (Phi) is 2.93. The third-order valence-electron chi connectivity index (χ3n) is 3.87. The number of likely N-dealkylation sites (tertiary alicyclic amines) is 1. The summed E-state index contributed by atoms with van der Waals surface area (Å²) in [6.07, 6.45) is 3.83. The Morgan fingerprint density at radius 2 is 2.12 bits per heavy atom. The Labute approximate surface area is 103 Å². The van der Waals surface area contributed by atoms with Gasteiger partial charge in [0.15, 0.2) is 0 Å². The van der Waals surface area contributed by atoms with Crippen LogP contribution in [-0.2, 0) is 0 Å². The first-order valence-electron chi connectivity index (χ1n) is 6.57. The molecule has 0 radical (unpaired) electrons. The molecule has 3 nitrogen and oxygen atoms in total. The zero-order chi connectivity index (χ0) is 11.7. The lowest BCUT2D eigenvalue weighted by Gasteiger charge is -2.29. The first-order chi connectivity index (χ1) is 8.33. The molecule has 3 rings (SSSR count). The molecule has 2 aliphatic heterocycles. The molecule has 2 heterocycles. The van der Waals surface area contributed by atoms with Gasteiger partial charge in [0.25, 0.3) is 0 Å². The molecule has 1 atom stereocenters. The van der Waals surface area contributed by atoms with E-state index in [1.165, 1.54) is 38.0 Å². The lowest BCUT2D eigenvalue weighted by molar-refractivity contribution is 0.232. The summed E-state index contributed by atoms with van der Waals surface area (Å²) in [5.74, 6) is 1.63. The van der Waals surface area contributed by atoms with Crippen LogP contribution in [0.25, 0.3) is 0 Å². The highest BCUT2D eigenvalue weighted by atomic mass is 16.5. The molecule has 1 aromatic carbocycles. The normalized spacial score (nSPS) is 24.4. The van der Waals surface area contributed by atoms with Crippen molar-refractivity contribution in [3.8, 4) is 5.75 Å². The van der Waals surface area contributed by atoms with Gasteiger partial charge in [-0.05, 0) is 50.6 Å². The van der Waals surface area contributed by atoms with Gasteiger partial charge in [-0.3, -0.25) is 0 Å². The van der Waals surface area contributed by atoms with Crippen LogP contribution in [-0.4, -0.2) is 31.1 Å². The van der Waals surface area contributed by atoms with Gasteiger partial charge in [0.1, 0.15) is 5.75 Å². The van der Waals surface area contributed by atoms with E-state index in [4.69, 9.17) is 10.5 Å². The monoisotopic (exact) mass is 232 g/mol. The fraction of sp³-hybridized carbons (Fsp3) is 0.571. The van der Waals surface area contributed by atoms with E-state index in [-0.39, 0.29) is 0 Å². The van der Waals surface area contributed by atoms with Gasteiger partial charge in [-0.25, -0.2) is 0 Å². The Hall–Kier alpha value is -1.22. The van der Waals surface area contributed by atoms with E-state index < -0.39 is 0 Å². The minimum absolute atomic E-state index is 0.598. The molecule has 0 bridgehead atoms. The van der Waals surface area contributed by atoms with Crippen molar-refractivity contribution in [3.05, 3.63) is 23.8 Å². The number of nitrogens with two attached hydrogens (primary N) is 1. The fourth-order valence-electron chi connectivity index (χ4n) is 2.95. The zero-order valence-corrected chi connectivity index (χ0v) is 10.2. The maximum atomic E-state index is 5.88. The van der Waals surface area contributed by atoms with Crippen molar-refractivity contribution in [1.29, 1.82) is 0 Å². The molecule has 2 N–H and O–H groups in total. The first-order valence-corrected chi connectivity index (χ1v) is 6.57. The van der Waals surface area contributed by atoms with E-state index in [9.17, 15) is 0 Å². The second-order valence-corrected chi connectivity index (χ2v) is 5.14. The summed E-state index contributed by atoms with van der Waals surface area (Å²) < 4.78 is 5.70. The predicted molar refractivity (Wildman–Crippen MR) is 69.4 cm³/mol. The number of ether oxygens (including phenoxy) is 1. The van der Waals surface area contributed by atoms with Gasteiger partial charge in [-0.1, -0.05) is 0 Å². The van der Waals surface area contributed by atoms with Crippen LogP contribution in [0.2, 0.25) is 0 Å². The SMILES string of the molecule is Nc1ccc2c(c1)C(CN1CCCC1)CCO2. The highest BCUT2D eigenvalue weighted by Crippen LogP contribution is 2.35. The van der Waals surface area contributed by atoms with E-state index in [0.717, 1.165) is 24.5 Å². The van der Waals surface area contributed by atoms with Crippen molar-refractivity contribution in [3.63, 3.8) is 0 Å². The Bertz CT molecular complexity index is 399. The van der Waals surface area contributed by atoms with Crippen LogP contribution in [0, 0.1) is 0 Å². The van der Waals surface area contributed by atoms with Gasteiger partial charge >= 0.3 is 0 Å². The summed E-state index contributed by atoms with van der Waals surface area (Å²) in [4.78, 5) is 2.57. The van der Waals surface area contributed by atoms with Crippen molar-refractivity contribution in [2.45, 2.75) is 25.2 Å². The summed E-state index contributed by atoms with van der Waals surface area (Å²) in [7, 11) is 0. The molecule has 92 valence electrons. The minimum atomic E-state index is 0.598. The Morgan fingerprint density at radius 3 is 2.94 bits per heavy atom. The molecule has 1 aromatic rings. The molecular formula is C14H20N2O. The average molecular weight is 232 g/mol. The maximum Gasteiger partial charge on any atom is 0.122 e. The van der Waals surface area contributed by atoms with Crippen LogP contribution < -0.4 is 10.5 Å². The molecule has 0 amide bonds. The van der Waals surface area contributed by atoms with Crippen LogP contribution in [0.4, 0.5) is 5.69 Å².